The average molecular weight is 546 g/mol. The molecule has 2 N–H and O–H groups in total. The monoisotopic (exact) mass is 545 g/mol. The van der Waals surface area contributed by atoms with Crippen LogP contribution >= 0.6 is 11.6 Å². The average Bonchev–Trinajstić information content (AvgIpc) is 3.57. The Balaban J connectivity index is 1.65. The molecule has 1 saturated carbocycles. The summed E-state index contributed by atoms with van der Waals surface area (Å²) in [4.78, 5) is 4.43. The standard InChI is InChI=1S/C29H25BClN9/c1-27(2,3)17-36-25-19(13-33)14-35-26-22(25)10-21(11-23(26)31)37-29(30,20-6-4-5-18(9-20)12-32)24-15-40(39-38-24)28(16-34)7-8-28/h4-6,9-11,14-15,37H,7-8,17H2,1-3H3,(H,35,36). The van der Waals surface area contributed by atoms with Gasteiger partial charge in [-0.15, -0.1) is 5.10 Å². The van der Waals surface area contributed by atoms with Gasteiger partial charge in [-0.25, -0.2) is 4.68 Å². The molecule has 4 aromatic rings. The van der Waals surface area contributed by atoms with Crippen molar-refractivity contribution in [1.29, 1.82) is 15.8 Å². The van der Waals surface area contributed by atoms with Gasteiger partial charge in [0.05, 0.1) is 51.1 Å². The van der Waals surface area contributed by atoms with Crippen molar-refractivity contribution < 1.29 is 0 Å². The number of pyridine rings is 1. The predicted octanol–water partition coefficient (Wildman–Crippen LogP) is 5.18. The molecule has 196 valence electrons. The van der Waals surface area contributed by atoms with Crippen LogP contribution in [0.15, 0.2) is 48.8 Å². The summed E-state index contributed by atoms with van der Waals surface area (Å²) in [6, 6.07) is 17.1. The lowest BCUT2D eigenvalue weighted by Gasteiger charge is -2.32. The van der Waals surface area contributed by atoms with Crippen LogP contribution in [-0.2, 0) is 11.0 Å². The van der Waals surface area contributed by atoms with Crippen molar-refractivity contribution in [2.45, 2.75) is 44.6 Å². The maximum Gasteiger partial charge on any atom is 0.150 e. The molecule has 1 aliphatic rings. The maximum atomic E-state index is 9.81. The van der Waals surface area contributed by atoms with Gasteiger partial charge in [-0.1, -0.05) is 49.7 Å². The second-order valence-electron chi connectivity index (χ2n) is 11.2. The Morgan fingerprint density at radius 3 is 2.55 bits per heavy atom. The lowest BCUT2D eigenvalue weighted by molar-refractivity contribution is 0.443. The number of benzene rings is 2. The minimum Gasteiger partial charge on any atom is -0.383 e. The summed E-state index contributed by atoms with van der Waals surface area (Å²) in [5, 5.41) is 45.4. The highest BCUT2D eigenvalue weighted by Crippen LogP contribution is 2.43. The Kier molecular flexibility index (Phi) is 6.66. The van der Waals surface area contributed by atoms with E-state index in [0.717, 1.165) is 0 Å². The highest BCUT2D eigenvalue weighted by molar-refractivity contribution is 6.36. The molecule has 0 amide bonds. The Bertz CT molecular complexity index is 1750. The van der Waals surface area contributed by atoms with Crippen LogP contribution in [0.4, 0.5) is 11.4 Å². The molecule has 1 fully saturated rings. The van der Waals surface area contributed by atoms with Crippen molar-refractivity contribution >= 4 is 41.7 Å². The maximum absolute atomic E-state index is 9.81. The number of fused-ring (bicyclic) bond motifs is 1. The number of halogens is 1. The first kappa shape index (κ1) is 27.0. The van der Waals surface area contributed by atoms with Crippen LogP contribution in [0.5, 0.6) is 0 Å². The van der Waals surface area contributed by atoms with Gasteiger partial charge in [0, 0.05) is 23.8 Å². The van der Waals surface area contributed by atoms with Gasteiger partial charge < -0.3 is 10.6 Å². The van der Waals surface area contributed by atoms with Crippen molar-refractivity contribution in [1.82, 2.24) is 20.0 Å². The predicted molar refractivity (Wildman–Crippen MR) is 154 cm³/mol. The number of nitrogens with one attached hydrogen (secondary N) is 2. The van der Waals surface area contributed by atoms with Crippen LogP contribution in [-0.4, -0.2) is 34.4 Å². The normalized spacial score (nSPS) is 15.3. The second kappa shape index (κ2) is 9.86. The summed E-state index contributed by atoms with van der Waals surface area (Å²) in [7, 11) is 7.07. The molecule has 9 nitrogen and oxygen atoms in total. The summed E-state index contributed by atoms with van der Waals surface area (Å²) < 4.78 is 1.55. The minimum atomic E-state index is -1.45. The number of rotatable bonds is 7. The number of anilines is 2. The Labute approximate surface area is 238 Å². The molecule has 2 heterocycles. The van der Waals surface area contributed by atoms with Crippen molar-refractivity contribution in [3.05, 3.63) is 76.2 Å². The van der Waals surface area contributed by atoms with Gasteiger partial charge in [-0.05, 0) is 48.1 Å². The Morgan fingerprint density at radius 2 is 1.90 bits per heavy atom. The molecule has 5 rings (SSSR count). The van der Waals surface area contributed by atoms with Crippen LogP contribution in [0, 0.1) is 39.4 Å². The molecule has 0 aliphatic heterocycles. The van der Waals surface area contributed by atoms with E-state index < -0.39 is 11.0 Å². The highest BCUT2D eigenvalue weighted by Gasteiger charge is 2.47. The zero-order valence-corrected chi connectivity index (χ0v) is 23.1. The molecule has 0 bridgehead atoms. The largest absolute Gasteiger partial charge is 0.383 e. The smallest absolute Gasteiger partial charge is 0.150 e. The molecule has 1 atom stereocenters. The van der Waals surface area contributed by atoms with E-state index in [9.17, 15) is 15.8 Å². The SMILES string of the molecule is [B]C(Nc1cc(Cl)c2ncc(C#N)c(NCC(C)(C)C)c2c1)(c1cccc(C#N)c1)c1cn(C2(C#N)CC2)nn1. The van der Waals surface area contributed by atoms with Gasteiger partial charge >= 0.3 is 0 Å². The van der Waals surface area contributed by atoms with Crippen LogP contribution in [0.25, 0.3) is 10.9 Å². The van der Waals surface area contributed by atoms with Gasteiger partial charge in [-0.2, -0.15) is 15.8 Å². The van der Waals surface area contributed by atoms with E-state index in [4.69, 9.17) is 19.4 Å². The first-order valence-electron chi connectivity index (χ1n) is 12.7. The summed E-state index contributed by atoms with van der Waals surface area (Å²) >= 11 is 6.71. The summed E-state index contributed by atoms with van der Waals surface area (Å²) in [5.41, 5.74) is 1.20. The summed E-state index contributed by atoms with van der Waals surface area (Å²) in [6.07, 6.45) is 4.53. The fourth-order valence-electron chi connectivity index (χ4n) is 4.47. The molecule has 0 spiro atoms. The Morgan fingerprint density at radius 1 is 1.12 bits per heavy atom. The third-order valence-corrected chi connectivity index (χ3v) is 7.19. The number of aromatic nitrogens is 4. The van der Waals surface area contributed by atoms with E-state index in [0.29, 0.717) is 69.1 Å². The fraction of sp³-hybridized carbons (Fsp3) is 0.310. The Hall–Kier alpha value is -4.59. The third kappa shape index (κ3) is 4.93. The quantitative estimate of drug-likeness (QED) is 0.303. The van der Waals surface area contributed by atoms with Crippen molar-refractivity contribution in [2.24, 2.45) is 5.41 Å². The van der Waals surface area contributed by atoms with Crippen LogP contribution in [0.2, 0.25) is 5.02 Å². The van der Waals surface area contributed by atoms with Gasteiger partial charge in [0.1, 0.15) is 19.6 Å². The highest BCUT2D eigenvalue weighted by atomic mass is 35.5. The van der Waals surface area contributed by atoms with Crippen molar-refractivity contribution in [3.63, 3.8) is 0 Å². The van der Waals surface area contributed by atoms with Crippen LogP contribution in [0.3, 0.4) is 0 Å². The van der Waals surface area contributed by atoms with E-state index in [1.807, 2.05) is 6.07 Å². The van der Waals surface area contributed by atoms with Gasteiger partial charge in [0.15, 0.2) is 5.54 Å². The molecule has 2 aromatic heterocycles. The molecule has 11 heteroatoms. The van der Waals surface area contributed by atoms with E-state index in [-0.39, 0.29) is 5.41 Å². The molecular weight excluding hydrogens is 521 g/mol. The number of nitriles is 3. The topological polar surface area (TPSA) is 139 Å². The molecule has 0 saturated heterocycles. The molecule has 2 aromatic carbocycles. The first-order valence-corrected chi connectivity index (χ1v) is 13.1. The molecule has 2 radical (unpaired) electrons. The second-order valence-corrected chi connectivity index (χ2v) is 11.7. The van der Waals surface area contributed by atoms with E-state index in [1.54, 1.807) is 41.2 Å². The van der Waals surface area contributed by atoms with Gasteiger partial charge in [0.25, 0.3) is 0 Å². The fourth-order valence-corrected chi connectivity index (χ4v) is 4.74. The summed E-state index contributed by atoms with van der Waals surface area (Å²) in [6.45, 7) is 6.90. The lowest BCUT2D eigenvalue weighted by Crippen LogP contribution is -2.38. The first-order chi connectivity index (χ1) is 19.0. The molecule has 40 heavy (non-hydrogen) atoms. The zero-order valence-electron chi connectivity index (χ0n) is 22.3. The van der Waals surface area contributed by atoms with Crippen molar-refractivity contribution in [3.8, 4) is 18.2 Å². The minimum absolute atomic E-state index is 0.0473. The lowest BCUT2D eigenvalue weighted by atomic mass is 9.69. The molecule has 1 aliphatic carbocycles. The zero-order chi connectivity index (χ0) is 28.7. The third-order valence-electron chi connectivity index (χ3n) is 6.90. The number of hydrogen-bond donors (Lipinski definition) is 2. The molecule has 1 unspecified atom stereocenters. The van der Waals surface area contributed by atoms with Crippen LogP contribution in [0.1, 0.15) is 56.0 Å². The molecular formula is C29H25BClN9. The number of nitrogens with zero attached hydrogens (tertiary/aromatic N) is 7. The van der Waals surface area contributed by atoms with Crippen molar-refractivity contribution in [2.75, 3.05) is 17.2 Å². The number of hydrogen-bond acceptors (Lipinski definition) is 8. The summed E-state index contributed by atoms with van der Waals surface area (Å²) in [5.74, 6) is 0. The van der Waals surface area contributed by atoms with Gasteiger partial charge in [-0.3, -0.25) is 4.98 Å². The van der Waals surface area contributed by atoms with E-state index in [1.165, 1.54) is 6.20 Å². The van der Waals surface area contributed by atoms with E-state index >= 15 is 0 Å². The van der Waals surface area contributed by atoms with Crippen LogP contribution < -0.4 is 10.6 Å². The van der Waals surface area contributed by atoms with Gasteiger partial charge in [0.2, 0.25) is 0 Å². The van der Waals surface area contributed by atoms with E-state index in [2.05, 4.69) is 64.9 Å².